The van der Waals surface area contributed by atoms with Crippen molar-refractivity contribution in [3.05, 3.63) is 35.9 Å². The van der Waals surface area contributed by atoms with E-state index in [2.05, 4.69) is 26.1 Å². The number of hydrogen-bond acceptors (Lipinski definition) is 3. The molecule has 4 heteroatoms. The van der Waals surface area contributed by atoms with E-state index in [1.54, 1.807) is 0 Å². The molecule has 2 amide bonds. The van der Waals surface area contributed by atoms with Gasteiger partial charge in [-0.15, -0.1) is 0 Å². The molecule has 1 atom stereocenters. The molecule has 0 aromatic heterocycles. The highest BCUT2D eigenvalue weighted by molar-refractivity contribution is 5.98. The molecule has 1 aliphatic heterocycles. The average Bonchev–Trinajstić information content (AvgIpc) is 2.55. The Morgan fingerprint density at radius 3 is 2.00 bits per heavy atom. The topological polar surface area (TPSA) is 49.4 Å². The van der Waals surface area contributed by atoms with Crippen molar-refractivity contribution in [2.24, 2.45) is 5.41 Å². The summed E-state index contributed by atoms with van der Waals surface area (Å²) in [5.41, 5.74) is 1.07. The molecule has 1 aromatic carbocycles. The quantitative estimate of drug-likeness (QED) is 0.857. The van der Waals surface area contributed by atoms with Gasteiger partial charge in [-0.1, -0.05) is 65.0 Å². The number of amides is 2. The van der Waals surface area contributed by atoms with Crippen LogP contribution in [0.4, 0.5) is 0 Å². The second-order valence-corrected chi connectivity index (χ2v) is 7.12. The Hall–Kier alpha value is -1.68. The fourth-order valence-corrected chi connectivity index (χ4v) is 3.00. The molecule has 1 heterocycles. The molecular weight excluding hydrogens is 300 g/mol. The lowest BCUT2D eigenvalue weighted by molar-refractivity contribution is -0.149. The SMILES string of the molecule is CC.CNC(CN1C(=O)CC(c2ccccc2)CC1=O)C(C)(C)C. The van der Waals surface area contributed by atoms with Crippen LogP contribution >= 0.6 is 0 Å². The zero-order valence-electron chi connectivity index (χ0n) is 15.9. The highest BCUT2D eigenvalue weighted by Crippen LogP contribution is 2.30. The highest BCUT2D eigenvalue weighted by atomic mass is 16.2. The number of rotatable bonds is 4. The number of nitrogens with zero attached hydrogens (tertiary/aromatic N) is 1. The van der Waals surface area contributed by atoms with Crippen LogP contribution in [0.3, 0.4) is 0 Å². The first-order chi connectivity index (χ1) is 11.3. The Labute approximate surface area is 146 Å². The van der Waals surface area contributed by atoms with E-state index in [4.69, 9.17) is 0 Å². The van der Waals surface area contributed by atoms with Gasteiger partial charge in [0.05, 0.1) is 0 Å². The number of likely N-dealkylation sites (tertiary alicyclic amines) is 1. The van der Waals surface area contributed by atoms with Crippen LogP contribution in [0.2, 0.25) is 0 Å². The number of likely N-dealkylation sites (N-methyl/N-ethyl adjacent to an activating group) is 1. The molecule has 0 spiro atoms. The van der Waals surface area contributed by atoms with Crippen molar-refractivity contribution in [2.45, 2.75) is 59.4 Å². The number of hydrogen-bond donors (Lipinski definition) is 1. The van der Waals surface area contributed by atoms with Crippen molar-refractivity contribution >= 4 is 11.8 Å². The first-order valence-corrected chi connectivity index (χ1v) is 8.88. The van der Waals surface area contributed by atoms with Crippen LogP contribution in [0.1, 0.15) is 58.9 Å². The lowest BCUT2D eigenvalue weighted by Gasteiger charge is -2.37. The van der Waals surface area contributed by atoms with Gasteiger partial charge in [-0.25, -0.2) is 0 Å². The zero-order chi connectivity index (χ0) is 18.3. The van der Waals surface area contributed by atoms with Gasteiger partial charge in [0.15, 0.2) is 0 Å². The molecule has 2 rings (SSSR count). The number of benzene rings is 1. The van der Waals surface area contributed by atoms with E-state index >= 15 is 0 Å². The summed E-state index contributed by atoms with van der Waals surface area (Å²) in [6.45, 7) is 10.8. The van der Waals surface area contributed by atoms with Gasteiger partial charge in [-0.3, -0.25) is 14.5 Å². The molecule has 24 heavy (non-hydrogen) atoms. The van der Waals surface area contributed by atoms with E-state index in [-0.39, 0.29) is 29.2 Å². The largest absolute Gasteiger partial charge is 0.315 e. The standard InChI is InChI=1S/C18H26N2O2.C2H6/c1-18(2,3)15(19-4)12-20-16(21)10-14(11-17(20)22)13-8-6-5-7-9-13;1-2/h5-9,14-15,19H,10-12H2,1-4H3;1-2H3. The van der Waals surface area contributed by atoms with E-state index in [1.165, 1.54) is 4.90 Å². The lowest BCUT2D eigenvalue weighted by atomic mass is 9.84. The van der Waals surface area contributed by atoms with Gasteiger partial charge in [0.1, 0.15) is 0 Å². The Bertz CT molecular complexity index is 516. The molecule has 134 valence electrons. The Morgan fingerprint density at radius 2 is 1.58 bits per heavy atom. The highest BCUT2D eigenvalue weighted by Gasteiger charge is 2.36. The summed E-state index contributed by atoms with van der Waals surface area (Å²) in [6, 6.07) is 9.93. The minimum Gasteiger partial charge on any atom is -0.315 e. The Kier molecular flexibility index (Phi) is 7.61. The van der Waals surface area contributed by atoms with Crippen LogP contribution in [0.25, 0.3) is 0 Å². The van der Waals surface area contributed by atoms with Gasteiger partial charge in [0.25, 0.3) is 0 Å². The third-order valence-corrected chi connectivity index (χ3v) is 4.47. The van der Waals surface area contributed by atoms with E-state index in [0.29, 0.717) is 19.4 Å². The van der Waals surface area contributed by atoms with Crippen LogP contribution in [0, 0.1) is 5.41 Å². The van der Waals surface area contributed by atoms with E-state index < -0.39 is 0 Å². The van der Waals surface area contributed by atoms with Crippen LogP contribution in [-0.2, 0) is 9.59 Å². The molecular formula is C20H32N2O2. The molecule has 1 aromatic rings. The first kappa shape index (κ1) is 20.4. The zero-order valence-corrected chi connectivity index (χ0v) is 15.9. The van der Waals surface area contributed by atoms with Crippen molar-refractivity contribution in [2.75, 3.05) is 13.6 Å². The van der Waals surface area contributed by atoms with Gasteiger partial charge < -0.3 is 5.32 Å². The smallest absolute Gasteiger partial charge is 0.229 e. The van der Waals surface area contributed by atoms with Gasteiger partial charge in [0, 0.05) is 31.3 Å². The molecule has 0 radical (unpaired) electrons. The Balaban J connectivity index is 0.00000139. The minimum atomic E-state index is -0.0606. The van der Waals surface area contributed by atoms with Gasteiger partial charge in [-0.05, 0) is 18.0 Å². The summed E-state index contributed by atoms with van der Waals surface area (Å²) in [7, 11) is 1.88. The number of piperidine rings is 1. The third kappa shape index (κ3) is 5.17. The molecule has 0 saturated carbocycles. The van der Waals surface area contributed by atoms with E-state index in [1.807, 2.05) is 51.2 Å². The fraction of sp³-hybridized carbons (Fsp3) is 0.600. The van der Waals surface area contributed by atoms with Crippen LogP contribution < -0.4 is 5.32 Å². The maximum Gasteiger partial charge on any atom is 0.229 e. The summed E-state index contributed by atoms with van der Waals surface area (Å²) in [5.74, 6) is -0.107. The average molecular weight is 332 g/mol. The van der Waals surface area contributed by atoms with Gasteiger partial charge in [0.2, 0.25) is 11.8 Å². The number of carbonyl (C=O) groups excluding carboxylic acids is 2. The van der Waals surface area contributed by atoms with Crippen molar-refractivity contribution in [1.82, 2.24) is 10.2 Å². The number of nitrogens with one attached hydrogen (secondary N) is 1. The summed E-state index contributed by atoms with van der Waals surface area (Å²) in [4.78, 5) is 26.3. The molecule has 1 N–H and O–H groups in total. The molecule has 4 nitrogen and oxygen atoms in total. The maximum absolute atomic E-state index is 12.4. The van der Waals surface area contributed by atoms with Crippen LogP contribution in [-0.4, -0.2) is 36.3 Å². The molecule has 0 bridgehead atoms. The summed E-state index contributed by atoms with van der Waals surface area (Å²) in [6.07, 6.45) is 0.826. The molecule has 1 aliphatic rings. The van der Waals surface area contributed by atoms with Gasteiger partial charge in [-0.2, -0.15) is 0 Å². The minimum absolute atomic E-state index is 0.00834. The third-order valence-electron chi connectivity index (χ3n) is 4.47. The predicted molar refractivity (Wildman–Crippen MR) is 98.8 cm³/mol. The van der Waals surface area contributed by atoms with E-state index in [0.717, 1.165) is 5.56 Å². The molecule has 0 aliphatic carbocycles. The van der Waals surface area contributed by atoms with Crippen molar-refractivity contribution in [3.63, 3.8) is 0 Å². The predicted octanol–water partition coefficient (Wildman–Crippen LogP) is 3.58. The summed E-state index contributed by atoms with van der Waals surface area (Å²) in [5, 5.41) is 3.23. The second kappa shape index (κ2) is 8.97. The number of carbonyl (C=O) groups is 2. The van der Waals surface area contributed by atoms with Crippen molar-refractivity contribution in [1.29, 1.82) is 0 Å². The number of imide groups is 1. The second-order valence-electron chi connectivity index (χ2n) is 7.12. The monoisotopic (exact) mass is 332 g/mol. The molecule has 1 fully saturated rings. The molecule has 1 unspecified atom stereocenters. The molecule has 1 saturated heterocycles. The first-order valence-electron chi connectivity index (χ1n) is 8.88. The lowest BCUT2D eigenvalue weighted by Crippen LogP contribution is -2.52. The maximum atomic E-state index is 12.4. The summed E-state index contributed by atoms with van der Waals surface area (Å²) < 4.78 is 0. The van der Waals surface area contributed by atoms with Crippen LogP contribution in [0.15, 0.2) is 30.3 Å². The summed E-state index contributed by atoms with van der Waals surface area (Å²) >= 11 is 0. The van der Waals surface area contributed by atoms with Crippen LogP contribution in [0.5, 0.6) is 0 Å². The fourth-order valence-electron chi connectivity index (χ4n) is 3.00. The van der Waals surface area contributed by atoms with Crippen molar-refractivity contribution in [3.8, 4) is 0 Å². The normalized spacial score (nSPS) is 17.3. The van der Waals surface area contributed by atoms with E-state index in [9.17, 15) is 9.59 Å². The van der Waals surface area contributed by atoms with Gasteiger partial charge >= 0.3 is 0 Å². The Morgan fingerprint density at radius 1 is 1.08 bits per heavy atom. The van der Waals surface area contributed by atoms with Crippen molar-refractivity contribution < 1.29 is 9.59 Å².